The van der Waals surface area contributed by atoms with Gasteiger partial charge in [-0.15, -0.1) is 0 Å². The Bertz CT molecular complexity index is 340. The molecule has 108 valence electrons. The molecule has 0 radical (unpaired) electrons. The summed E-state index contributed by atoms with van der Waals surface area (Å²) in [5, 5.41) is 9.13. The lowest BCUT2D eigenvalue weighted by Crippen LogP contribution is -2.56. The predicted molar refractivity (Wildman–Crippen MR) is 73.8 cm³/mol. The van der Waals surface area contributed by atoms with Gasteiger partial charge in [0.1, 0.15) is 0 Å². The summed E-state index contributed by atoms with van der Waals surface area (Å²) in [5.74, 6) is 0.375. The van der Waals surface area contributed by atoms with Gasteiger partial charge in [-0.3, -0.25) is 9.69 Å². The van der Waals surface area contributed by atoms with E-state index >= 15 is 0 Å². The van der Waals surface area contributed by atoms with Crippen LogP contribution in [0.15, 0.2) is 0 Å². The average Bonchev–Trinajstić information content (AvgIpc) is 3.14. The van der Waals surface area contributed by atoms with Crippen LogP contribution >= 0.6 is 0 Å². The van der Waals surface area contributed by atoms with E-state index in [0.29, 0.717) is 23.4 Å². The van der Waals surface area contributed by atoms with Gasteiger partial charge in [-0.2, -0.15) is 0 Å². The zero-order chi connectivity index (χ0) is 13.5. The maximum Gasteiger partial charge on any atom is 0.223 e. The van der Waals surface area contributed by atoms with Gasteiger partial charge in [0, 0.05) is 38.1 Å². The highest BCUT2D eigenvalue weighted by Crippen LogP contribution is 2.52. The Morgan fingerprint density at radius 2 is 1.89 bits per heavy atom. The molecular weight excluding hydrogens is 240 g/mol. The summed E-state index contributed by atoms with van der Waals surface area (Å²) in [6.45, 7) is 4.99. The van der Waals surface area contributed by atoms with Gasteiger partial charge in [0.05, 0.1) is 6.61 Å². The topological polar surface area (TPSA) is 43.8 Å². The fraction of sp³-hybridized carbons (Fsp3) is 0.933. The lowest BCUT2D eigenvalue weighted by atomic mass is 9.98. The van der Waals surface area contributed by atoms with E-state index in [1.807, 2.05) is 0 Å². The number of piperazine rings is 1. The third-order valence-electron chi connectivity index (χ3n) is 5.58. The van der Waals surface area contributed by atoms with Gasteiger partial charge in [0.2, 0.25) is 5.91 Å². The molecule has 2 bridgehead atoms. The van der Waals surface area contributed by atoms with Crippen molar-refractivity contribution in [2.24, 2.45) is 5.41 Å². The molecular formula is C15H26N2O2. The van der Waals surface area contributed by atoms with Crippen LogP contribution in [-0.4, -0.2) is 59.1 Å². The van der Waals surface area contributed by atoms with Gasteiger partial charge >= 0.3 is 0 Å². The molecule has 4 nitrogen and oxygen atoms in total. The van der Waals surface area contributed by atoms with Crippen LogP contribution in [0.25, 0.3) is 0 Å². The lowest BCUT2D eigenvalue weighted by Gasteiger charge is -2.41. The van der Waals surface area contributed by atoms with Gasteiger partial charge < -0.3 is 10.0 Å². The van der Waals surface area contributed by atoms with Crippen molar-refractivity contribution in [2.45, 2.75) is 57.5 Å². The SMILES string of the molecule is CCC1(CC(=O)N2CC3CCC(C2)N3CCO)CC1. The van der Waals surface area contributed by atoms with E-state index in [2.05, 4.69) is 16.7 Å². The van der Waals surface area contributed by atoms with Crippen LogP contribution in [0.2, 0.25) is 0 Å². The standard InChI is InChI=1S/C15H26N2O2/c1-2-15(5-6-15)9-14(19)16-10-12-3-4-13(11-16)17(12)7-8-18/h12-13,18H,2-11H2,1H3. The Balaban J connectivity index is 1.58. The summed E-state index contributed by atoms with van der Waals surface area (Å²) in [6.07, 6.45) is 6.78. The quantitative estimate of drug-likeness (QED) is 0.814. The zero-order valence-corrected chi connectivity index (χ0v) is 12.0. The number of amides is 1. The summed E-state index contributed by atoms with van der Waals surface area (Å²) in [6, 6.07) is 0.984. The minimum Gasteiger partial charge on any atom is -0.395 e. The first-order valence-corrected chi connectivity index (χ1v) is 7.82. The van der Waals surface area contributed by atoms with Crippen molar-refractivity contribution < 1.29 is 9.90 Å². The van der Waals surface area contributed by atoms with Crippen LogP contribution in [0.1, 0.15) is 45.4 Å². The smallest absolute Gasteiger partial charge is 0.223 e. The van der Waals surface area contributed by atoms with Crippen molar-refractivity contribution in [3.8, 4) is 0 Å². The molecule has 19 heavy (non-hydrogen) atoms. The minimum absolute atomic E-state index is 0.236. The molecule has 0 aromatic carbocycles. The fourth-order valence-corrected chi connectivity index (χ4v) is 3.94. The average molecular weight is 266 g/mol. The number of fused-ring (bicyclic) bond motifs is 2. The molecule has 0 aromatic rings. The van der Waals surface area contributed by atoms with E-state index in [1.54, 1.807) is 0 Å². The Kier molecular flexibility index (Phi) is 3.56. The Labute approximate surface area is 115 Å². The Hall–Kier alpha value is -0.610. The van der Waals surface area contributed by atoms with Crippen LogP contribution in [0.3, 0.4) is 0 Å². The summed E-state index contributed by atoms with van der Waals surface area (Å²) in [7, 11) is 0. The highest BCUT2D eigenvalue weighted by Gasteiger charge is 2.46. The van der Waals surface area contributed by atoms with E-state index in [9.17, 15) is 4.79 Å². The number of rotatable bonds is 5. The molecule has 2 atom stereocenters. The predicted octanol–water partition coefficient (Wildman–Crippen LogP) is 1.23. The molecule has 0 spiro atoms. The number of aliphatic hydroxyl groups is 1. The highest BCUT2D eigenvalue weighted by atomic mass is 16.3. The zero-order valence-electron chi connectivity index (χ0n) is 12.0. The number of carbonyl (C=O) groups is 1. The fourth-order valence-electron chi connectivity index (χ4n) is 3.94. The first-order valence-electron chi connectivity index (χ1n) is 7.82. The van der Waals surface area contributed by atoms with Crippen LogP contribution in [0, 0.1) is 5.41 Å². The molecule has 2 aliphatic heterocycles. The van der Waals surface area contributed by atoms with Gasteiger partial charge in [-0.1, -0.05) is 6.92 Å². The first kappa shape index (κ1) is 13.4. The molecule has 3 fully saturated rings. The van der Waals surface area contributed by atoms with E-state index in [-0.39, 0.29) is 6.61 Å². The second-order valence-electron chi connectivity index (χ2n) is 6.68. The van der Waals surface area contributed by atoms with Crippen molar-refractivity contribution in [1.82, 2.24) is 9.80 Å². The van der Waals surface area contributed by atoms with E-state index < -0.39 is 0 Å². The largest absolute Gasteiger partial charge is 0.395 e. The second-order valence-corrected chi connectivity index (χ2v) is 6.68. The number of likely N-dealkylation sites (tertiary alicyclic amines) is 1. The van der Waals surface area contributed by atoms with Crippen LogP contribution < -0.4 is 0 Å². The van der Waals surface area contributed by atoms with E-state index in [0.717, 1.165) is 32.5 Å². The van der Waals surface area contributed by atoms with Crippen molar-refractivity contribution in [3.05, 3.63) is 0 Å². The molecule has 3 aliphatic rings. The third kappa shape index (κ3) is 2.52. The van der Waals surface area contributed by atoms with Crippen molar-refractivity contribution >= 4 is 5.91 Å². The molecule has 1 N–H and O–H groups in total. The van der Waals surface area contributed by atoms with E-state index in [4.69, 9.17) is 5.11 Å². The summed E-state index contributed by atoms with van der Waals surface area (Å²) >= 11 is 0. The normalized spacial score (nSPS) is 32.6. The van der Waals surface area contributed by atoms with Crippen LogP contribution in [0.4, 0.5) is 0 Å². The third-order valence-corrected chi connectivity index (χ3v) is 5.58. The lowest BCUT2D eigenvalue weighted by molar-refractivity contribution is -0.136. The maximum absolute atomic E-state index is 12.5. The number of aliphatic hydroxyl groups excluding tert-OH is 1. The molecule has 1 aliphatic carbocycles. The molecule has 2 saturated heterocycles. The van der Waals surface area contributed by atoms with Gasteiger partial charge in [-0.05, 0) is 37.5 Å². The number of carbonyl (C=O) groups excluding carboxylic acids is 1. The second kappa shape index (κ2) is 5.06. The number of nitrogens with zero attached hydrogens (tertiary/aromatic N) is 2. The van der Waals surface area contributed by atoms with Crippen LogP contribution in [0.5, 0.6) is 0 Å². The number of hydrogen-bond donors (Lipinski definition) is 1. The van der Waals surface area contributed by atoms with Gasteiger partial charge in [0.25, 0.3) is 0 Å². The molecule has 0 aromatic heterocycles. The van der Waals surface area contributed by atoms with Crippen molar-refractivity contribution in [2.75, 3.05) is 26.2 Å². The Morgan fingerprint density at radius 1 is 1.26 bits per heavy atom. The van der Waals surface area contributed by atoms with Crippen molar-refractivity contribution in [3.63, 3.8) is 0 Å². The monoisotopic (exact) mass is 266 g/mol. The maximum atomic E-state index is 12.5. The molecule has 1 saturated carbocycles. The summed E-state index contributed by atoms with van der Waals surface area (Å²) < 4.78 is 0. The van der Waals surface area contributed by atoms with Crippen molar-refractivity contribution in [1.29, 1.82) is 0 Å². The first-order chi connectivity index (χ1) is 9.17. The summed E-state index contributed by atoms with van der Waals surface area (Å²) in [4.78, 5) is 17.0. The molecule has 3 rings (SSSR count). The van der Waals surface area contributed by atoms with Gasteiger partial charge in [-0.25, -0.2) is 0 Å². The summed E-state index contributed by atoms with van der Waals surface area (Å²) in [5.41, 5.74) is 0.359. The number of hydrogen-bond acceptors (Lipinski definition) is 3. The molecule has 4 heteroatoms. The minimum atomic E-state index is 0.236. The molecule has 2 heterocycles. The van der Waals surface area contributed by atoms with E-state index in [1.165, 1.54) is 25.7 Å². The Morgan fingerprint density at radius 3 is 2.37 bits per heavy atom. The highest BCUT2D eigenvalue weighted by molar-refractivity contribution is 5.77. The molecule has 2 unspecified atom stereocenters. The molecule has 1 amide bonds. The van der Waals surface area contributed by atoms with Gasteiger partial charge in [0.15, 0.2) is 0 Å². The van der Waals surface area contributed by atoms with Crippen LogP contribution in [-0.2, 0) is 4.79 Å².